The van der Waals surface area contributed by atoms with Crippen LogP contribution in [0.2, 0.25) is 0 Å². The molecule has 3 heterocycles. The third-order valence-corrected chi connectivity index (χ3v) is 4.90. The lowest BCUT2D eigenvalue weighted by molar-refractivity contribution is -0.123. The van der Waals surface area contributed by atoms with Crippen molar-refractivity contribution in [2.24, 2.45) is 5.92 Å². The third-order valence-electron chi connectivity index (χ3n) is 4.90. The summed E-state index contributed by atoms with van der Waals surface area (Å²) in [7, 11) is 0. The first-order chi connectivity index (χ1) is 10.2. The van der Waals surface area contributed by atoms with E-state index in [9.17, 15) is 4.79 Å². The van der Waals surface area contributed by atoms with E-state index in [2.05, 4.69) is 22.5 Å². The van der Waals surface area contributed by atoms with Crippen LogP contribution in [0.4, 0.5) is 0 Å². The first-order valence-corrected chi connectivity index (χ1v) is 8.20. The van der Waals surface area contributed by atoms with Gasteiger partial charge in [-0.15, -0.1) is 24.8 Å². The van der Waals surface area contributed by atoms with Gasteiger partial charge in [0.1, 0.15) is 0 Å². The van der Waals surface area contributed by atoms with Crippen LogP contribution in [0.15, 0.2) is 24.5 Å². The molecule has 3 unspecified atom stereocenters. The predicted molar refractivity (Wildman–Crippen MR) is 97.2 cm³/mol. The zero-order valence-corrected chi connectivity index (χ0v) is 15.2. The van der Waals surface area contributed by atoms with Crippen LogP contribution in [0.5, 0.6) is 0 Å². The summed E-state index contributed by atoms with van der Waals surface area (Å²) in [6.45, 7) is 2.11. The molecule has 2 aliphatic heterocycles. The van der Waals surface area contributed by atoms with Crippen molar-refractivity contribution in [2.45, 2.75) is 63.6 Å². The molecule has 2 N–H and O–H groups in total. The van der Waals surface area contributed by atoms with E-state index in [-0.39, 0.29) is 36.8 Å². The summed E-state index contributed by atoms with van der Waals surface area (Å²) >= 11 is 0. The minimum Gasteiger partial charge on any atom is -0.349 e. The molecule has 3 rings (SSSR count). The van der Waals surface area contributed by atoms with Gasteiger partial charge in [0.2, 0.25) is 5.91 Å². The summed E-state index contributed by atoms with van der Waals surface area (Å²) in [5, 5.41) is 6.83. The number of nitrogens with one attached hydrogen (secondary N) is 2. The second kappa shape index (κ2) is 9.45. The molecule has 0 radical (unpaired) electrons. The van der Waals surface area contributed by atoms with Crippen molar-refractivity contribution in [3.05, 3.63) is 30.1 Å². The molecule has 0 saturated carbocycles. The Hall–Kier alpha value is -0.840. The van der Waals surface area contributed by atoms with E-state index < -0.39 is 0 Å². The second-order valence-electron chi connectivity index (χ2n) is 6.49. The van der Waals surface area contributed by atoms with Crippen LogP contribution in [0.3, 0.4) is 0 Å². The van der Waals surface area contributed by atoms with Crippen molar-refractivity contribution in [3.63, 3.8) is 0 Å². The van der Waals surface area contributed by atoms with Crippen molar-refractivity contribution in [3.8, 4) is 0 Å². The van der Waals surface area contributed by atoms with E-state index >= 15 is 0 Å². The van der Waals surface area contributed by atoms with Crippen molar-refractivity contribution in [2.75, 3.05) is 0 Å². The molecule has 1 aromatic rings. The van der Waals surface area contributed by atoms with Gasteiger partial charge in [-0.1, -0.05) is 6.92 Å². The molecule has 1 aromatic heterocycles. The van der Waals surface area contributed by atoms with Gasteiger partial charge in [-0.2, -0.15) is 0 Å². The fraction of sp³-hybridized carbons (Fsp3) is 0.647. The van der Waals surface area contributed by atoms with Gasteiger partial charge in [0.25, 0.3) is 0 Å². The van der Waals surface area contributed by atoms with Crippen LogP contribution < -0.4 is 10.6 Å². The smallest absolute Gasteiger partial charge is 0.220 e. The average Bonchev–Trinajstić information content (AvgIpc) is 2.84. The number of hydrogen-bond donors (Lipinski definition) is 2. The molecule has 0 aromatic carbocycles. The first-order valence-electron chi connectivity index (χ1n) is 8.20. The topological polar surface area (TPSA) is 54.0 Å². The molecule has 130 valence electrons. The maximum atomic E-state index is 12.3. The highest BCUT2D eigenvalue weighted by atomic mass is 35.5. The van der Waals surface area contributed by atoms with E-state index in [0.717, 1.165) is 24.8 Å². The summed E-state index contributed by atoms with van der Waals surface area (Å²) in [4.78, 5) is 16.4. The Morgan fingerprint density at radius 3 is 2.43 bits per heavy atom. The number of hydrogen-bond acceptors (Lipinski definition) is 3. The molecule has 4 nitrogen and oxygen atoms in total. The van der Waals surface area contributed by atoms with Gasteiger partial charge in [-0.05, 0) is 55.7 Å². The molecule has 2 bridgehead atoms. The molecule has 1 amide bonds. The average molecular weight is 360 g/mol. The summed E-state index contributed by atoms with van der Waals surface area (Å²) < 4.78 is 0. The third kappa shape index (κ3) is 5.33. The first kappa shape index (κ1) is 20.2. The van der Waals surface area contributed by atoms with Crippen LogP contribution in [0, 0.1) is 5.92 Å². The Labute approximate surface area is 151 Å². The Morgan fingerprint density at radius 1 is 1.26 bits per heavy atom. The monoisotopic (exact) mass is 359 g/mol. The van der Waals surface area contributed by atoms with Crippen LogP contribution in [-0.4, -0.2) is 23.0 Å². The lowest BCUT2D eigenvalue weighted by atomic mass is 9.89. The number of pyridine rings is 1. The molecule has 0 spiro atoms. The van der Waals surface area contributed by atoms with Crippen LogP contribution in [0.1, 0.15) is 57.1 Å². The Morgan fingerprint density at radius 2 is 1.87 bits per heavy atom. The number of carbonyl (C=O) groups excluding carboxylic acids is 1. The summed E-state index contributed by atoms with van der Waals surface area (Å²) in [5.41, 5.74) is 1.14. The Kier molecular flexibility index (Phi) is 8.31. The number of halogens is 2. The maximum absolute atomic E-state index is 12.3. The molecule has 2 fully saturated rings. The molecular formula is C17H27Cl2N3O. The van der Waals surface area contributed by atoms with Crippen LogP contribution in [-0.2, 0) is 4.79 Å². The molecule has 0 aliphatic carbocycles. The molecule has 2 saturated heterocycles. The van der Waals surface area contributed by atoms with Crippen molar-refractivity contribution in [1.82, 2.24) is 15.6 Å². The number of aromatic nitrogens is 1. The van der Waals surface area contributed by atoms with Crippen molar-refractivity contribution < 1.29 is 4.79 Å². The minimum absolute atomic E-state index is 0. The standard InChI is InChI=1S/C17H25N3O.2ClH/c1-2-16(13-5-7-18-8-6-13)20-17(21)11-12-9-14-3-4-15(10-12)19-14;;/h5-8,12,14-16,19H,2-4,9-11H2,1H3,(H,20,21);2*1H. The van der Waals surface area contributed by atoms with Gasteiger partial charge >= 0.3 is 0 Å². The van der Waals surface area contributed by atoms with Gasteiger partial charge in [-0.3, -0.25) is 9.78 Å². The summed E-state index contributed by atoms with van der Waals surface area (Å²) in [6, 6.07) is 5.39. The minimum atomic E-state index is 0. The number of amides is 1. The van der Waals surface area contributed by atoms with Gasteiger partial charge in [0.15, 0.2) is 0 Å². The number of piperidine rings is 1. The summed E-state index contributed by atoms with van der Waals surface area (Å²) in [6.07, 6.45) is 10.1. The normalized spacial score (nSPS) is 26.6. The fourth-order valence-electron chi connectivity index (χ4n) is 3.87. The van der Waals surface area contributed by atoms with Crippen molar-refractivity contribution >= 4 is 30.7 Å². The highest BCUT2D eigenvalue weighted by Gasteiger charge is 2.34. The van der Waals surface area contributed by atoms with E-state index in [0.29, 0.717) is 24.4 Å². The van der Waals surface area contributed by atoms with E-state index in [1.165, 1.54) is 12.8 Å². The van der Waals surface area contributed by atoms with E-state index in [1.807, 2.05) is 12.1 Å². The molecule has 2 aliphatic rings. The lowest BCUT2D eigenvalue weighted by Crippen LogP contribution is -2.40. The van der Waals surface area contributed by atoms with E-state index in [1.54, 1.807) is 12.4 Å². The zero-order chi connectivity index (χ0) is 14.7. The van der Waals surface area contributed by atoms with Crippen molar-refractivity contribution in [1.29, 1.82) is 0 Å². The van der Waals surface area contributed by atoms with E-state index in [4.69, 9.17) is 0 Å². The molecule has 6 heteroatoms. The highest BCUT2D eigenvalue weighted by molar-refractivity contribution is 5.85. The molecule has 23 heavy (non-hydrogen) atoms. The molecular weight excluding hydrogens is 333 g/mol. The number of carbonyl (C=O) groups is 1. The second-order valence-corrected chi connectivity index (χ2v) is 6.49. The Balaban J connectivity index is 0.00000132. The largest absolute Gasteiger partial charge is 0.349 e. The summed E-state index contributed by atoms with van der Waals surface area (Å²) in [5.74, 6) is 0.753. The number of nitrogens with zero attached hydrogens (tertiary/aromatic N) is 1. The number of rotatable bonds is 5. The SMILES string of the molecule is CCC(NC(=O)CC1CC2CCC(C1)N2)c1ccncc1.Cl.Cl. The van der Waals surface area contributed by atoms with Crippen LogP contribution in [0.25, 0.3) is 0 Å². The Bertz CT molecular complexity index is 474. The van der Waals surface area contributed by atoms with Gasteiger partial charge in [0.05, 0.1) is 6.04 Å². The van der Waals surface area contributed by atoms with Gasteiger partial charge in [0, 0.05) is 30.9 Å². The maximum Gasteiger partial charge on any atom is 0.220 e. The highest BCUT2D eigenvalue weighted by Crippen LogP contribution is 2.32. The zero-order valence-electron chi connectivity index (χ0n) is 13.5. The fourth-order valence-corrected chi connectivity index (χ4v) is 3.87. The lowest BCUT2D eigenvalue weighted by Gasteiger charge is -2.29. The molecule has 3 atom stereocenters. The quantitative estimate of drug-likeness (QED) is 0.846. The van der Waals surface area contributed by atoms with Gasteiger partial charge in [-0.25, -0.2) is 0 Å². The number of fused-ring (bicyclic) bond motifs is 2. The van der Waals surface area contributed by atoms with Crippen LogP contribution >= 0.6 is 24.8 Å². The predicted octanol–water partition coefficient (Wildman–Crippen LogP) is 3.41. The van der Waals surface area contributed by atoms with Gasteiger partial charge < -0.3 is 10.6 Å².